The van der Waals surface area contributed by atoms with Crippen LogP contribution in [0.2, 0.25) is 0 Å². The highest BCUT2D eigenvalue weighted by Crippen LogP contribution is 2.22. The first kappa shape index (κ1) is 13.6. The molecule has 0 radical (unpaired) electrons. The minimum atomic E-state index is -0.0644. The number of aliphatic hydroxyl groups excluding tert-OH is 1. The van der Waals surface area contributed by atoms with E-state index in [-0.39, 0.29) is 18.5 Å². The first-order valence-electron chi connectivity index (χ1n) is 6.42. The molecule has 1 fully saturated rings. The summed E-state index contributed by atoms with van der Waals surface area (Å²) in [5, 5.41) is 20.2. The fourth-order valence-corrected chi connectivity index (χ4v) is 2.13. The van der Waals surface area contributed by atoms with Crippen LogP contribution in [0.15, 0.2) is 18.2 Å². The van der Waals surface area contributed by atoms with Crippen LogP contribution < -0.4 is 5.32 Å². The van der Waals surface area contributed by atoms with E-state index in [1.807, 2.05) is 12.1 Å². The van der Waals surface area contributed by atoms with E-state index in [9.17, 15) is 0 Å². The fourth-order valence-electron chi connectivity index (χ4n) is 2.13. The van der Waals surface area contributed by atoms with Gasteiger partial charge in [-0.05, 0) is 37.0 Å². The zero-order chi connectivity index (χ0) is 13.7. The molecule has 4 heteroatoms. The number of rotatable bonds is 4. The summed E-state index contributed by atoms with van der Waals surface area (Å²) in [6, 6.07) is 5.40. The number of hydrogen-bond acceptors (Lipinski definition) is 4. The van der Waals surface area contributed by atoms with Gasteiger partial charge >= 0.3 is 0 Å². The van der Waals surface area contributed by atoms with Crippen molar-refractivity contribution in [3.8, 4) is 12.3 Å². The fraction of sp³-hybridized carbons (Fsp3) is 0.400. The van der Waals surface area contributed by atoms with E-state index in [2.05, 4.69) is 11.2 Å². The summed E-state index contributed by atoms with van der Waals surface area (Å²) in [6.07, 6.45) is 8.45. The van der Waals surface area contributed by atoms with Gasteiger partial charge in [0, 0.05) is 17.9 Å². The Morgan fingerprint density at radius 2 is 2.37 bits per heavy atom. The first-order valence-corrected chi connectivity index (χ1v) is 6.42. The largest absolute Gasteiger partial charge is 0.392 e. The lowest BCUT2D eigenvalue weighted by Crippen LogP contribution is -2.28. The maximum Gasteiger partial charge on any atom is 0.127 e. The SMILES string of the molecule is C#CC(=N)c1cc(CO)ccc1NC1CCCCO1. The lowest BCUT2D eigenvalue weighted by molar-refractivity contribution is 0.0343. The molecule has 1 atom stereocenters. The van der Waals surface area contributed by atoms with Crippen molar-refractivity contribution in [3.05, 3.63) is 29.3 Å². The van der Waals surface area contributed by atoms with Crippen molar-refractivity contribution < 1.29 is 9.84 Å². The number of aliphatic hydroxyl groups is 1. The second kappa shape index (κ2) is 6.37. The predicted molar refractivity (Wildman–Crippen MR) is 75.2 cm³/mol. The van der Waals surface area contributed by atoms with Gasteiger partial charge in [0.25, 0.3) is 0 Å². The zero-order valence-electron chi connectivity index (χ0n) is 10.8. The van der Waals surface area contributed by atoms with Gasteiger partial charge in [-0.3, -0.25) is 5.41 Å². The first-order chi connectivity index (χ1) is 9.24. The average Bonchev–Trinajstić information content (AvgIpc) is 2.48. The van der Waals surface area contributed by atoms with E-state index in [4.69, 9.17) is 21.7 Å². The molecular formula is C15H18N2O2. The molecule has 0 spiro atoms. The molecule has 19 heavy (non-hydrogen) atoms. The summed E-state index contributed by atoms with van der Waals surface area (Å²) in [4.78, 5) is 0. The number of nitrogens with one attached hydrogen (secondary N) is 2. The van der Waals surface area contributed by atoms with Crippen LogP contribution in [0, 0.1) is 17.8 Å². The lowest BCUT2D eigenvalue weighted by atomic mass is 10.0. The maximum atomic E-state index is 9.16. The summed E-state index contributed by atoms with van der Waals surface area (Å²) < 4.78 is 5.62. The number of hydrogen-bond donors (Lipinski definition) is 3. The number of terminal acetylenes is 1. The van der Waals surface area contributed by atoms with Crippen LogP contribution in [-0.4, -0.2) is 23.7 Å². The second-order valence-corrected chi connectivity index (χ2v) is 4.56. The third-order valence-corrected chi connectivity index (χ3v) is 3.18. The summed E-state index contributed by atoms with van der Waals surface area (Å²) in [5.41, 5.74) is 2.26. The third kappa shape index (κ3) is 3.34. The van der Waals surface area contributed by atoms with E-state index in [0.29, 0.717) is 5.56 Å². The molecule has 4 nitrogen and oxygen atoms in total. The van der Waals surface area contributed by atoms with Gasteiger partial charge in [0.2, 0.25) is 0 Å². The monoisotopic (exact) mass is 258 g/mol. The van der Waals surface area contributed by atoms with Crippen LogP contribution in [0.1, 0.15) is 30.4 Å². The lowest BCUT2D eigenvalue weighted by Gasteiger charge is -2.25. The molecule has 1 unspecified atom stereocenters. The highest BCUT2D eigenvalue weighted by atomic mass is 16.5. The van der Waals surface area contributed by atoms with Gasteiger partial charge in [-0.2, -0.15) is 0 Å². The number of benzene rings is 1. The van der Waals surface area contributed by atoms with Crippen LogP contribution >= 0.6 is 0 Å². The Labute approximate surface area is 113 Å². The Morgan fingerprint density at radius 3 is 3.00 bits per heavy atom. The van der Waals surface area contributed by atoms with Gasteiger partial charge < -0.3 is 15.2 Å². The summed E-state index contributed by atoms with van der Waals surface area (Å²) in [6.45, 7) is 0.694. The van der Waals surface area contributed by atoms with E-state index in [1.165, 1.54) is 0 Å². The van der Waals surface area contributed by atoms with Gasteiger partial charge in [-0.1, -0.05) is 12.0 Å². The average molecular weight is 258 g/mol. The Hall–Kier alpha value is -1.83. The van der Waals surface area contributed by atoms with E-state index >= 15 is 0 Å². The van der Waals surface area contributed by atoms with Crippen molar-refractivity contribution in [2.45, 2.75) is 32.1 Å². The minimum Gasteiger partial charge on any atom is -0.392 e. The molecule has 0 saturated carbocycles. The molecule has 2 rings (SSSR count). The molecule has 1 aromatic rings. The minimum absolute atomic E-state index is 0.0296. The highest BCUT2D eigenvalue weighted by molar-refractivity contribution is 6.13. The zero-order valence-corrected chi connectivity index (χ0v) is 10.8. The van der Waals surface area contributed by atoms with Gasteiger partial charge in [0.05, 0.1) is 6.61 Å². The second-order valence-electron chi connectivity index (χ2n) is 4.56. The Bertz CT molecular complexity index is 499. The molecule has 1 aliphatic rings. The third-order valence-electron chi connectivity index (χ3n) is 3.18. The van der Waals surface area contributed by atoms with E-state index in [0.717, 1.165) is 37.1 Å². The van der Waals surface area contributed by atoms with Crippen LogP contribution in [0.3, 0.4) is 0 Å². The molecule has 1 saturated heterocycles. The Morgan fingerprint density at radius 1 is 1.53 bits per heavy atom. The molecule has 0 bridgehead atoms. The highest BCUT2D eigenvalue weighted by Gasteiger charge is 2.16. The summed E-state index contributed by atoms with van der Waals surface area (Å²) >= 11 is 0. The number of anilines is 1. The quantitative estimate of drug-likeness (QED) is 0.572. The summed E-state index contributed by atoms with van der Waals surface area (Å²) in [5.74, 6) is 2.33. The summed E-state index contributed by atoms with van der Waals surface area (Å²) in [7, 11) is 0. The van der Waals surface area contributed by atoms with E-state index < -0.39 is 0 Å². The normalized spacial score (nSPS) is 18.6. The van der Waals surface area contributed by atoms with Crippen LogP contribution in [-0.2, 0) is 11.3 Å². The van der Waals surface area contributed by atoms with Crippen molar-refractivity contribution >= 4 is 11.4 Å². The number of ether oxygens (including phenoxy) is 1. The van der Waals surface area contributed by atoms with Gasteiger partial charge in [-0.15, -0.1) is 6.42 Å². The molecule has 1 aliphatic heterocycles. The predicted octanol–water partition coefficient (Wildman–Crippen LogP) is 2.12. The van der Waals surface area contributed by atoms with Crippen LogP contribution in [0.4, 0.5) is 5.69 Å². The van der Waals surface area contributed by atoms with Gasteiger partial charge in [-0.25, -0.2) is 0 Å². The molecule has 3 N–H and O–H groups in total. The maximum absolute atomic E-state index is 9.16. The molecular weight excluding hydrogens is 240 g/mol. The van der Waals surface area contributed by atoms with Crippen molar-refractivity contribution in [1.82, 2.24) is 0 Å². The topological polar surface area (TPSA) is 65.3 Å². The van der Waals surface area contributed by atoms with Crippen molar-refractivity contribution in [2.24, 2.45) is 0 Å². The van der Waals surface area contributed by atoms with Crippen molar-refractivity contribution in [3.63, 3.8) is 0 Å². The molecule has 100 valence electrons. The van der Waals surface area contributed by atoms with Crippen LogP contribution in [0.5, 0.6) is 0 Å². The van der Waals surface area contributed by atoms with Crippen molar-refractivity contribution in [1.29, 1.82) is 5.41 Å². The Balaban J connectivity index is 2.23. The van der Waals surface area contributed by atoms with Gasteiger partial charge in [0.15, 0.2) is 0 Å². The molecule has 0 aromatic heterocycles. The Kier molecular flexibility index (Phi) is 4.56. The molecule has 1 heterocycles. The van der Waals surface area contributed by atoms with Crippen molar-refractivity contribution in [2.75, 3.05) is 11.9 Å². The van der Waals surface area contributed by atoms with E-state index in [1.54, 1.807) is 6.07 Å². The molecule has 1 aromatic carbocycles. The molecule has 0 aliphatic carbocycles. The smallest absolute Gasteiger partial charge is 0.127 e. The standard InChI is InChI=1S/C15H18N2O2/c1-2-13(16)12-9-11(10-18)6-7-14(12)17-15-5-3-4-8-19-15/h1,6-7,9,15-18H,3-5,8,10H2. The molecule has 0 amide bonds. The van der Waals surface area contributed by atoms with Gasteiger partial charge in [0.1, 0.15) is 11.9 Å². The van der Waals surface area contributed by atoms with Crippen LogP contribution in [0.25, 0.3) is 0 Å².